The van der Waals surface area contributed by atoms with E-state index in [0.717, 1.165) is 22.8 Å². The highest BCUT2D eigenvalue weighted by molar-refractivity contribution is 7.98. The van der Waals surface area contributed by atoms with Gasteiger partial charge in [0.2, 0.25) is 0 Å². The van der Waals surface area contributed by atoms with Gasteiger partial charge >= 0.3 is 0 Å². The van der Waals surface area contributed by atoms with Gasteiger partial charge in [0.25, 0.3) is 0 Å². The van der Waals surface area contributed by atoms with Crippen molar-refractivity contribution in [3.8, 4) is 0 Å². The molecule has 1 aromatic rings. The van der Waals surface area contributed by atoms with Crippen molar-refractivity contribution in [1.29, 1.82) is 0 Å². The number of carbonyl (C=O) groups excluding carboxylic acids is 1. The van der Waals surface area contributed by atoms with Gasteiger partial charge in [-0.2, -0.15) is 11.8 Å². The largest absolute Gasteiger partial charge is 0.542 e. The molecule has 102 valence electrons. The number of hydrogen-bond donors (Lipinski definition) is 0. The lowest BCUT2D eigenvalue weighted by atomic mass is 9.91. The summed E-state index contributed by atoms with van der Waals surface area (Å²) in [6.45, 7) is 8.22. The summed E-state index contributed by atoms with van der Waals surface area (Å²) in [5.74, 6) is 1.33. The van der Waals surface area contributed by atoms with Gasteiger partial charge < -0.3 is 14.3 Å². The zero-order valence-electron chi connectivity index (χ0n) is 11.5. The fraction of sp³-hybridized carbons (Fsp3) is 0.643. The van der Waals surface area contributed by atoms with Crippen molar-refractivity contribution in [1.82, 2.24) is 0 Å². The maximum absolute atomic E-state index is 10.9. The van der Waals surface area contributed by atoms with Crippen LogP contribution in [0.3, 0.4) is 0 Å². The number of hydrogen-bond acceptors (Lipinski definition) is 4. The number of thioether (sulfide) groups is 1. The highest BCUT2D eigenvalue weighted by Crippen LogP contribution is 2.31. The average Bonchev–Trinajstić information content (AvgIpc) is 2.68. The SMILES string of the molecule is CCCCSCc1cc(C(=O)[O-])oc1C(C)(C)C. The molecule has 0 aliphatic rings. The molecule has 0 spiro atoms. The van der Waals surface area contributed by atoms with E-state index in [0.29, 0.717) is 0 Å². The Morgan fingerprint density at radius 3 is 2.61 bits per heavy atom. The first-order valence-electron chi connectivity index (χ1n) is 6.28. The Labute approximate surface area is 113 Å². The zero-order valence-corrected chi connectivity index (χ0v) is 12.4. The molecule has 0 saturated heterocycles. The predicted octanol–water partition coefficient (Wildman–Crippen LogP) is 2.97. The summed E-state index contributed by atoms with van der Waals surface area (Å²) in [6.07, 6.45) is 2.36. The molecule has 0 radical (unpaired) electrons. The van der Waals surface area contributed by atoms with E-state index in [4.69, 9.17) is 4.42 Å². The highest BCUT2D eigenvalue weighted by atomic mass is 32.2. The van der Waals surface area contributed by atoms with Gasteiger partial charge in [-0.15, -0.1) is 0 Å². The Morgan fingerprint density at radius 2 is 2.11 bits per heavy atom. The molecule has 0 aliphatic carbocycles. The van der Waals surface area contributed by atoms with Gasteiger partial charge in [-0.1, -0.05) is 34.1 Å². The van der Waals surface area contributed by atoms with Crippen LogP contribution in [0.1, 0.15) is 62.4 Å². The quantitative estimate of drug-likeness (QED) is 0.745. The molecule has 4 heteroatoms. The van der Waals surface area contributed by atoms with Crippen molar-refractivity contribution in [2.75, 3.05) is 5.75 Å². The lowest BCUT2D eigenvalue weighted by Gasteiger charge is -2.17. The maximum Gasteiger partial charge on any atom is 0.150 e. The zero-order chi connectivity index (χ0) is 13.8. The van der Waals surface area contributed by atoms with Gasteiger partial charge in [-0.25, -0.2) is 0 Å². The standard InChI is InChI=1S/C14H22O3S/c1-5-6-7-18-9-10-8-11(13(15)16)17-12(10)14(2,3)4/h8H,5-7,9H2,1-4H3,(H,15,16)/p-1. The average molecular weight is 269 g/mol. The van der Waals surface area contributed by atoms with E-state index < -0.39 is 5.97 Å². The number of unbranched alkanes of at least 4 members (excludes halogenated alkanes) is 1. The van der Waals surface area contributed by atoms with Gasteiger partial charge in [0, 0.05) is 16.7 Å². The van der Waals surface area contributed by atoms with E-state index in [2.05, 4.69) is 6.92 Å². The summed E-state index contributed by atoms with van der Waals surface area (Å²) in [7, 11) is 0. The summed E-state index contributed by atoms with van der Waals surface area (Å²) in [5, 5.41) is 10.9. The molecule has 0 aromatic carbocycles. The van der Waals surface area contributed by atoms with Crippen LogP contribution < -0.4 is 5.11 Å². The summed E-state index contributed by atoms with van der Waals surface area (Å²) in [6, 6.07) is 1.61. The number of carbonyl (C=O) groups is 1. The molecule has 1 rings (SSSR count). The van der Waals surface area contributed by atoms with Crippen LogP contribution in [0, 0.1) is 0 Å². The first-order valence-corrected chi connectivity index (χ1v) is 7.44. The van der Waals surface area contributed by atoms with Crippen LogP contribution >= 0.6 is 11.8 Å². The molecule has 0 unspecified atom stereocenters. The van der Waals surface area contributed by atoms with Crippen LogP contribution in [0.15, 0.2) is 10.5 Å². The third kappa shape index (κ3) is 4.09. The smallest absolute Gasteiger partial charge is 0.150 e. The molecule has 0 saturated carbocycles. The van der Waals surface area contributed by atoms with E-state index in [1.54, 1.807) is 6.07 Å². The Balaban J connectivity index is 2.84. The summed E-state index contributed by atoms with van der Waals surface area (Å²) in [4.78, 5) is 10.9. The predicted molar refractivity (Wildman–Crippen MR) is 72.8 cm³/mol. The molecular formula is C14H21O3S-. The van der Waals surface area contributed by atoms with Gasteiger partial charge in [0.15, 0.2) is 0 Å². The van der Waals surface area contributed by atoms with Crippen molar-refractivity contribution in [3.05, 3.63) is 23.2 Å². The molecule has 0 amide bonds. The van der Waals surface area contributed by atoms with Crippen LogP contribution in [-0.4, -0.2) is 11.7 Å². The molecule has 1 aromatic heterocycles. The van der Waals surface area contributed by atoms with Crippen LogP contribution in [0.5, 0.6) is 0 Å². The minimum Gasteiger partial charge on any atom is -0.542 e. The van der Waals surface area contributed by atoms with E-state index in [1.807, 2.05) is 32.5 Å². The number of furan rings is 1. The third-order valence-electron chi connectivity index (χ3n) is 2.59. The summed E-state index contributed by atoms with van der Waals surface area (Å²) >= 11 is 1.81. The number of rotatable bonds is 6. The second-order valence-corrected chi connectivity index (χ2v) is 6.51. The Kier molecular flexibility index (Phi) is 5.32. The first-order chi connectivity index (χ1) is 8.36. The fourth-order valence-corrected chi connectivity index (χ4v) is 2.77. The Hall–Kier alpha value is -0.900. The molecule has 3 nitrogen and oxygen atoms in total. The van der Waals surface area contributed by atoms with Crippen molar-refractivity contribution < 1.29 is 14.3 Å². The number of carboxylic acid groups (broad SMARTS) is 1. The topological polar surface area (TPSA) is 53.3 Å². The Morgan fingerprint density at radius 1 is 1.44 bits per heavy atom. The van der Waals surface area contributed by atoms with Crippen LogP contribution in [0.4, 0.5) is 0 Å². The second-order valence-electron chi connectivity index (χ2n) is 5.41. The highest BCUT2D eigenvalue weighted by Gasteiger charge is 2.23. The fourth-order valence-electron chi connectivity index (χ4n) is 1.70. The third-order valence-corrected chi connectivity index (χ3v) is 3.68. The van der Waals surface area contributed by atoms with Crippen molar-refractivity contribution in [3.63, 3.8) is 0 Å². The minimum absolute atomic E-state index is 0.0639. The number of carboxylic acids is 1. The van der Waals surface area contributed by atoms with Crippen molar-refractivity contribution in [2.45, 2.75) is 51.7 Å². The van der Waals surface area contributed by atoms with Crippen LogP contribution in [-0.2, 0) is 11.2 Å². The summed E-state index contributed by atoms with van der Waals surface area (Å²) in [5.41, 5.74) is 0.789. The van der Waals surface area contributed by atoms with E-state index in [9.17, 15) is 9.90 Å². The van der Waals surface area contributed by atoms with Crippen LogP contribution in [0.2, 0.25) is 0 Å². The lowest BCUT2D eigenvalue weighted by Crippen LogP contribution is -2.21. The van der Waals surface area contributed by atoms with E-state index >= 15 is 0 Å². The first kappa shape index (κ1) is 15.2. The maximum atomic E-state index is 10.9. The monoisotopic (exact) mass is 269 g/mol. The normalized spacial score (nSPS) is 11.8. The molecule has 0 bridgehead atoms. The second kappa shape index (κ2) is 6.32. The van der Waals surface area contributed by atoms with Crippen molar-refractivity contribution in [2.24, 2.45) is 0 Å². The number of aromatic carboxylic acids is 1. The molecule has 0 N–H and O–H groups in total. The van der Waals surface area contributed by atoms with Crippen molar-refractivity contribution >= 4 is 17.7 Å². The van der Waals surface area contributed by atoms with E-state index in [-0.39, 0.29) is 11.2 Å². The van der Waals surface area contributed by atoms with Crippen LogP contribution in [0.25, 0.3) is 0 Å². The molecule has 1 heterocycles. The molecular weight excluding hydrogens is 248 g/mol. The van der Waals surface area contributed by atoms with Gasteiger partial charge in [0.1, 0.15) is 17.5 Å². The van der Waals surface area contributed by atoms with Gasteiger partial charge in [-0.3, -0.25) is 0 Å². The molecule has 0 aliphatic heterocycles. The van der Waals surface area contributed by atoms with Gasteiger partial charge in [-0.05, 0) is 18.2 Å². The molecule has 0 fully saturated rings. The minimum atomic E-state index is -1.25. The van der Waals surface area contributed by atoms with Gasteiger partial charge in [0.05, 0.1) is 0 Å². The molecule has 18 heavy (non-hydrogen) atoms. The molecule has 0 atom stereocenters. The Bertz CT molecular complexity index is 402. The van der Waals surface area contributed by atoms with E-state index in [1.165, 1.54) is 12.8 Å². The lowest BCUT2D eigenvalue weighted by molar-refractivity contribution is -0.257. The summed E-state index contributed by atoms with van der Waals surface area (Å²) < 4.78 is 5.42.